The topological polar surface area (TPSA) is 51.0 Å². The second-order valence-electron chi connectivity index (χ2n) is 5.62. The Labute approximate surface area is 158 Å². The standard InChI is InChI=1S/C21H17N3O.ClH/c1-2-6-16(7-3-1)8-4-14-22-18-12-10-17(11-13-18)21-24-20-19(25-21)9-5-15-23-20;/h1-13,15,22H,14H2;1H/b8-4+;. The molecule has 0 unspecified atom stereocenters. The Bertz CT molecular complexity index is 962. The quantitative estimate of drug-likeness (QED) is 0.513. The first kappa shape index (κ1) is 17.7. The van der Waals surface area contributed by atoms with Crippen molar-refractivity contribution in [2.45, 2.75) is 0 Å². The number of nitrogens with one attached hydrogen (secondary N) is 1. The summed E-state index contributed by atoms with van der Waals surface area (Å²) in [4.78, 5) is 8.61. The van der Waals surface area contributed by atoms with Crippen LogP contribution in [0.5, 0.6) is 0 Å². The van der Waals surface area contributed by atoms with Crippen molar-refractivity contribution >= 4 is 35.4 Å². The van der Waals surface area contributed by atoms with Crippen LogP contribution in [0.3, 0.4) is 0 Å². The van der Waals surface area contributed by atoms with Gasteiger partial charge in [-0.1, -0.05) is 42.5 Å². The van der Waals surface area contributed by atoms with Gasteiger partial charge in [-0.15, -0.1) is 12.4 Å². The number of benzene rings is 2. The van der Waals surface area contributed by atoms with Gasteiger partial charge >= 0.3 is 0 Å². The summed E-state index contributed by atoms with van der Waals surface area (Å²) < 4.78 is 5.74. The van der Waals surface area contributed by atoms with Gasteiger partial charge in [0.15, 0.2) is 11.2 Å². The van der Waals surface area contributed by atoms with E-state index in [1.165, 1.54) is 5.56 Å². The Hall–Kier alpha value is -3.11. The lowest BCUT2D eigenvalue weighted by Gasteiger charge is -2.03. The average Bonchev–Trinajstić information content (AvgIpc) is 3.11. The maximum atomic E-state index is 5.74. The molecule has 0 aliphatic carbocycles. The molecule has 2 aromatic heterocycles. The lowest BCUT2D eigenvalue weighted by Crippen LogP contribution is -1.97. The first-order valence-electron chi connectivity index (χ1n) is 8.16. The maximum absolute atomic E-state index is 5.74. The zero-order chi connectivity index (χ0) is 16.9. The summed E-state index contributed by atoms with van der Waals surface area (Å²) in [6.45, 7) is 0.765. The molecule has 4 rings (SSSR count). The van der Waals surface area contributed by atoms with Crippen LogP contribution in [0.25, 0.3) is 28.8 Å². The van der Waals surface area contributed by atoms with E-state index in [2.05, 4.69) is 39.6 Å². The molecule has 0 amide bonds. The molecular weight excluding hydrogens is 346 g/mol. The van der Waals surface area contributed by atoms with Crippen molar-refractivity contribution < 1.29 is 4.42 Å². The second kappa shape index (κ2) is 8.32. The highest BCUT2D eigenvalue weighted by Crippen LogP contribution is 2.24. The number of aromatic nitrogens is 2. The number of pyridine rings is 1. The van der Waals surface area contributed by atoms with Gasteiger partial charge in [0.1, 0.15) is 0 Å². The number of rotatable bonds is 5. The Balaban J connectivity index is 0.00000196. The fraction of sp³-hybridized carbons (Fsp3) is 0.0476. The summed E-state index contributed by atoms with van der Waals surface area (Å²) >= 11 is 0. The predicted molar refractivity (Wildman–Crippen MR) is 108 cm³/mol. The van der Waals surface area contributed by atoms with Crippen LogP contribution < -0.4 is 5.32 Å². The SMILES string of the molecule is C(=C\c1ccccc1)/CNc1ccc(-c2nc3ncccc3o2)cc1.Cl. The number of halogens is 1. The lowest BCUT2D eigenvalue weighted by atomic mass is 10.2. The lowest BCUT2D eigenvalue weighted by molar-refractivity contribution is 0.619. The van der Waals surface area contributed by atoms with Crippen LogP contribution in [0.15, 0.2) is 83.4 Å². The van der Waals surface area contributed by atoms with Crippen LogP contribution in [0.4, 0.5) is 5.69 Å². The monoisotopic (exact) mass is 363 g/mol. The van der Waals surface area contributed by atoms with Gasteiger partial charge < -0.3 is 9.73 Å². The van der Waals surface area contributed by atoms with Crippen LogP contribution in [-0.2, 0) is 0 Å². The largest absolute Gasteiger partial charge is 0.434 e. The van der Waals surface area contributed by atoms with Crippen molar-refractivity contribution in [2.75, 3.05) is 11.9 Å². The molecule has 5 heteroatoms. The molecule has 2 heterocycles. The smallest absolute Gasteiger partial charge is 0.228 e. The van der Waals surface area contributed by atoms with E-state index in [1.54, 1.807) is 6.20 Å². The van der Waals surface area contributed by atoms with Gasteiger partial charge in [-0.25, -0.2) is 4.98 Å². The van der Waals surface area contributed by atoms with Crippen LogP contribution in [0, 0.1) is 0 Å². The van der Waals surface area contributed by atoms with Crippen LogP contribution in [0.2, 0.25) is 0 Å². The number of anilines is 1. The van der Waals surface area contributed by atoms with E-state index in [9.17, 15) is 0 Å². The molecule has 2 aromatic carbocycles. The van der Waals surface area contributed by atoms with Crippen molar-refractivity contribution in [1.82, 2.24) is 9.97 Å². The number of fused-ring (bicyclic) bond motifs is 1. The fourth-order valence-electron chi connectivity index (χ4n) is 2.56. The molecule has 26 heavy (non-hydrogen) atoms. The zero-order valence-corrected chi connectivity index (χ0v) is 14.8. The minimum absolute atomic E-state index is 0. The minimum Gasteiger partial charge on any atom is -0.434 e. The minimum atomic E-state index is 0. The van der Waals surface area contributed by atoms with Crippen molar-refractivity contribution in [3.63, 3.8) is 0 Å². The average molecular weight is 364 g/mol. The first-order chi connectivity index (χ1) is 12.4. The van der Waals surface area contributed by atoms with Gasteiger partial charge in [0, 0.05) is 24.0 Å². The summed E-state index contributed by atoms with van der Waals surface area (Å²) in [6.07, 6.45) is 5.92. The number of hydrogen-bond acceptors (Lipinski definition) is 4. The molecule has 0 bridgehead atoms. The summed E-state index contributed by atoms with van der Waals surface area (Å²) in [7, 11) is 0. The third-order valence-electron chi connectivity index (χ3n) is 3.83. The van der Waals surface area contributed by atoms with E-state index in [1.807, 2.05) is 54.6 Å². The molecule has 4 nitrogen and oxygen atoms in total. The Kier molecular flexibility index (Phi) is 5.66. The molecule has 1 N–H and O–H groups in total. The predicted octanol–water partition coefficient (Wildman–Crippen LogP) is 5.44. The Morgan fingerprint density at radius 2 is 1.73 bits per heavy atom. The van der Waals surface area contributed by atoms with Crippen LogP contribution in [-0.4, -0.2) is 16.5 Å². The van der Waals surface area contributed by atoms with Crippen molar-refractivity contribution in [3.05, 3.63) is 84.6 Å². The van der Waals surface area contributed by atoms with Crippen LogP contribution in [0.1, 0.15) is 5.56 Å². The highest BCUT2D eigenvalue weighted by atomic mass is 35.5. The molecule has 130 valence electrons. The van der Waals surface area contributed by atoms with Crippen molar-refractivity contribution in [2.24, 2.45) is 0 Å². The van der Waals surface area contributed by atoms with Crippen molar-refractivity contribution in [3.8, 4) is 11.5 Å². The van der Waals surface area contributed by atoms with Gasteiger partial charge in [-0.3, -0.25) is 0 Å². The molecule has 0 spiro atoms. The molecule has 0 saturated heterocycles. The van der Waals surface area contributed by atoms with Gasteiger partial charge in [0.05, 0.1) is 0 Å². The van der Waals surface area contributed by atoms with Gasteiger partial charge in [0.25, 0.3) is 0 Å². The van der Waals surface area contributed by atoms with E-state index >= 15 is 0 Å². The molecule has 0 aliphatic heterocycles. The molecule has 0 atom stereocenters. The Morgan fingerprint density at radius 3 is 2.50 bits per heavy atom. The van der Waals surface area contributed by atoms with E-state index in [0.717, 1.165) is 17.8 Å². The summed E-state index contributed by atoms with van der Waals surface area (Å²) in [5.41, 5.74) is 4.51. The molecular formula is C21H18ClN3O. The first-order valence-corrected chi connectivity index (χ1v) is 8.16. The van der Waals surface area contributed by atoms with E-state index in [4.69, 9.17) is 4.42 Å². The zero-order valence-electron chi connectivity index (χ0n) is 14.0. The molecule has 0 saturated carbocycles. The maximum Gasteiger partial charge on any atom is 0.228 e. The molecule has 0 fully saturated rings. The second-order valence-corrected chi connectivity index (χ2v) is 5.62. The van der Waals surface area contributed by atoms with E-state index in [-0.39, 0.29) is 12.4 Å². The summed E-state index contributed by atoms with van der Waals surface area (Å²) in [5.74, 6) is 0.587. The highest BCUT2D eigenvalue weighted by Gasteiger charge is 2.08. The Morgan fingerprint density at radius 1 is 0.923 bits per heavy atom. The van der Waals surface area contributed by atoms with Gasteiger partial charge in [-0.2, -0.15) is 4.98 Å². The molecule has 0 radical (unpaired) electrons. The van der Waals surface area contributed by atoms with E-state index in [0.29, 0.717) is 17.1 Å². The third kappa shape index (κ3) is 4.10. The van der Waals surface area contributed by atoms with Gasteiger partial charge in [0.2, 0.25) is 5.89 Å². The molecule has 4 aromatic rings. The number of hydrogen-bond donors (Lipinski definition) is 1. The van der Waals surface area contributed by atoms with E-state index < -0.39 is 0 Å². The summed E-state index contributed by atoms with van der Waals surface area (Å²) in [5, 5.41) is 3.37. The highest BCUT2D eigenvalue weighted by molar-refractivity contribution is 5.85. The fourth-order valence-corrected chi connectivity index (χ4v) is 2.56. The third-order valence-corrected chi connectivity index (χ3v) is 3.83. The summed E-state index contributed by atoms with van der Waals surface area (Å²) in [6, 6.07) is 22.0. The number of oxazole rings is 1. The normalized spacial score (nSPS) is 10.8. The number of nitrogens with zero attached hydrogens (tertiary/aromatic N) is 2. The van der Waals surface area contributed by atoms with Crippen LogP contribution >= 0.6 is 12.4 Å². The van der Waals surface area contributed by atoms with Crippen molar-refractivity contribution in [1.29, 1.82) is 0 Å². The molecule has 0 aliphatic rings. The van der Waals surface area contributed by atoms with Gasteiger partial charge in [-0.05, 0) is 42.0 Å².